The summed E-state index contributed by atoms with van der Waals surface area (Å²) in [5, 5.41) is -0.446. The molecule has 0 aromatic heterocycles. The second-order valence-corrected chi connectivity index (χ2v) is 7.68. The summed E-state index contributed by atoms with van der Waals surface area (Å²) in [6.45, 7) is 2.74. The maximum absolute atomic E-state index is 12.1. The predicted octanol–water partition coefficient (Wildman–Crippen LogP) is 2.44. The number of hydrogen-bond donors (Lipinski definition) is 1. The Morgan fingerprint density at radius 3 is 2.60 bits per heavy atom. The third kappa shape index (κ3) is 3.52. The molecule has 0 radical (unpaired) electrons. The van der Waals surface area contributed by atoms with Crippen molar-refractivity contribution < 1.29 is 13.2 Å². The van der Waals surface area contributed by atoms with E-state index in [1.807, 2.05) is 24.3 Å². The van der Waals surface area contributed by atoms with Crippen molar-refractivity contribution in [2.24, 2.45) is 5.73 Å². The van der Waals surface area contributed by atoms with Gasteiger partial charge in [0, 0.05) is 6.04 Å². The van der Waals surface area contributed by atoms with Crippen molar-refractivity contribution in [3.63, 3.8) is 0 Å². The van der Waals surface area contributed by atoms with E-state index in [4.69, 9.17) is 10.5 Å². The molecule has 0 aliphatic carbocycles. The molecule has 1 saturated heterocycles. The summed E-state index contributed by atoms with van der Waals surface area (Å²) in [4.78, 5) is 0. The van der Waals surface area contributed by atoms with Gasteiger partial charge in [-0.05, 0) is 37.0 Å². The van der Waals surface area contributed by atoms with Crippen molar-refractivity contribution in [1.29, 1.82) is 0 Å². The van der Waals surface area contributed by atoms with Gasteiger partial charge in [0.25, 0.3) is 0 Å². The van der Waals surface area contributed by atoms with E-state index in [1.54, 1.807) is 0 Å². The molecule has 1 aliphatic rings. The molecule has 1 aromatic carbocycles. The van der Waals surface area contributed by atoms with E-state index in [1.165, 1.54) is 0 Å². The molecule has 1 aromatic rings. The molecule has 4 nitrogen and oxygen atoms in total. The van der Waals surface area contributed by atoms with Gasteiger partial charge in [-0.1, -0.05) is 25.5 Å². The lowest BCUT2D eigenvalue weighted by molar-refractivity contribution is 0.317. The highest BCUT2D eigenvalue weighted by Gasteiger charge is 2.34. The lowest BCUT2D eigenvalue weighted by Gasteiger charge is -2.27. The third-order valence-electron chi connectivity index (χ3n) is 3.77. The fourth-order valence-corrected chi connectivity index (χ4v) is 4.64. The highest BCUT2D eigenvalue weighted by Crippen LogP contribution is 2.29. The van der Waals surface area contributed by atoms with Crippen LogP contribution >= 0.6 is 0 Å². The molecule has 1 heterocycles. The largest absolute Gasteiger partial charge is 0.494 e. The highest BCUT2D eigenvalue weighted by molar-refractivity contribution is 7.92. The summed E-state index contributed by atoms with van der Waals surface area (Å²) in [6, 6.07) is 7.03. The number of nitrogens with two attached hydrogens (primary N) is 1. The van der Waals surface area contributed by atoms with Crippen molar-refractivity contribution in [2.45, 2.75) is 43.9 Å². The molecular formula is C15H23NO3S. The van der Waals surface area contributed by atoms with Gasteiger partial charge < -0.3 is 10.5 Å². The Morgan fingerprint density at radius 1 is 1.30 bits per heavy atom. The first-order valence-corrected chi connectivity index (χ1v) is 8.96. The van der Waals surface area contributed by atoms with Crippen LogP contribution in [0.15, 0.2) is 24.3 Å². The number of rotatable bonds is 5. The molecule has 1 fully saturated rings. The summed E-state index contributed by atoms with van der Waals surface area (Å²) in [6.07, 6.45) is 3.32. The predicted molar refractivity (Wildman–Crippen MR) is 80.6 cm³/mol. The molecule has 0 amide bonds. The minimum atomic E-state index is -3.05. The molecule has 0 spiro atoms. The van der Waals surface area contributed by atoms with Gasteiger partial charge >= 0.3 is 0 Å². The SMILES string of the molecule is CCCOc1ccc(C(N)C2CCCCS2(=O)=O)cc1. The first-order chi connectivity index (χ1) is 9.54. The molecule has 0 bridgehead atoms. The van der Waals surface area contributed by atoms with E-state index < -0.39 is 21.1 Å². The van der Waals surface area contributed by atoms with Crippen LogP contribution in [0.25, 0.3) is 0 Å². The Kier molecular flexibility index (Phi) is 5.05. The fraction of sp³-hybridized carbons (Fsp3) is 0.600. The minimum absolute atomic E-state index is 0.267. The van der Waals surface area contributed by atoms with E-state index in [2.05, 4.69) is 6.92 Å². The summed E-state index contributed by atoms with van der Waals surface area (Å²) < 4.78 is 29.7. The molecular weight excluding hydrogens is 274 g/mol. The lowest BCUT2D eigenvalue weighted by Crippen LogP contribution is -2.37. The van der Waals surface area contributed by atoms with E-state index >= 15 is 0 Å². The quantitative estimate of drug-likeness (QED) is 0.906. The van der Waals surface area contributed by atoms with Gasteiger partial charge in [-0.3, -0.25) is 0 Å². The summed E-state index contributed by atoms with van der Waals surface area (Å²) in [7, 11) is -3.05. The maximum atomic E-state index is 12.1. The topological polar surface area (TPSA) is 69.4 Å². The summed E-state index contributed by atoms with van der Waals surface area (Å²) in [5.41, 5.74) is 7.04. The van der Waals surface area contributed by atoms with Crippen molar-refractivity contribution >= 4 is 9.84 Å². The van der Waals surface area contributed by atoms with Gasteiger partial charge in [0.1, 0.15) is 5.75 Å². The van der Waals surface area contributed by atoms with Gasteiger partial charge in [0.2, 0.25) is 0 Å². The van der Waals surface area contributed by atoms with Crippen molar-refractivity contribution in [3.05, 3.63) is 29.8 Å². The average Bonchev–Trinajstić information content (AvgIpc) is 2.44. The van der Waals surface area contributed by atoms with Crippen molar-refractivity contribution in [2.75, 3.05) is 12.4 Å². The van der Waals surface area contributed by atoms with Crippen LogP contribution in [0.3, 0.4) is 0 Å². The smallest absolute Gasteiger partial charge is 0.155 e. The summed E-state index contributed by atoms with van der Waals surface area (Å²) >= 11 is 0. The Hall–Kier alpha value is -1.07. The number of hydrogen-bond acceptors (Lipinski definition) is 4. The van der Waals surface area contributed by atoms with Crippen molar-refractivity contribution in [1.82, 2.24) is 0 Å². The van der Waals surface area contributed by atoms with Crippen LogP contribution in [0.1, 0.15) is 44.2 Å². The molecule has 2 N–H and O–H groups in total. The lowest BCUT2D eigenvalue weighted by atomic mass is 10.0. The van der Waals surface area contributed by atoms with Crippen molar-refractivity contribution in [3.8, 4) is 5.75 Å². The zero-order valence-electron chi connectivity index (χ0n) is 11.9. The van der Waals surface area contributed by atoms with Crippen LogP contribution < -0.4 is 10.5 Å². The van der Waals surface area contributed by atoms with Gasteiger partial charge in [0.15, 0.2) is 9.84 Å². The van der Waals surface area contributed by atoms with E-state index in [-0.39, 0.29) is 5.75 Å². The molecule has 5 heteroatoms. The van der Waals surface area contributed by atoms with Gasteiger partial charge in [0.05, 0.1) is 17.6 Å². The number of ether oxygens (including phenoxy) is 1. The molecule has 2 rings (SSSR count). The second-order valence-electron chi connectivity index (χ2n) is 5.34. The van der Waals surface area contributed by atoms with E-state index in [0.717, 1.165) is 30.6 Å². The van der Waals surface area contributed by atoms with Gasteiger partial charge in [-0.2, -0.15) is 0 Å². The first kappa shape index (κ1) is 15.3. The van der Waals surface area contributed by atoms with E-state index in [9.17, 15) is 8.42 Å². The molecule has 0 saturated carbocycles. The molecule has 2 unspecified atom stereocenters. The van der Waals surface area contributed by atoms with Crippen LogP contribution in [0, 0.1) is 0 Å². The Bertz CT molecular complexity index is 525. The third-order valence-corrected chi connectivity index (χ3v) is 6.08. The molecule has 1 aliphatic heterocycles. The Labute approximate surface area is 121 Å². The fourth-order valence-electron chi connectivity index (χ4n) is 2.60. The minimum Gasteiger partial charge on any atom is -0.494 e. The highest BCUT2D eigenvalue weighted by atomic mass is 32.2. The normalized spacial score (nSPS) is 23.2. The summed E-state index contributed by atoms with van der Waals surface area (Å²) in [5.74, 6) is 1.07. The van der Waals surface area contributed by atoms with Gasteiger partial charge in [-0.15, -0.1) is 0 Å². The number of benzene rings is 1. The molecule has 112 valence electrons. The van der Waals surface area contributed by atoms with Crippen LogP contribution in [0.4, 0.5) is 0 Å². The van der Waals surface area contributed by atoms with E-state index in [0.29, 0.717) is 13.0 Å². The Balaban J connectivity index is 2.10. The average molecular weight is 297 g/mol. The molecule has 2 atom stereocenters. The molecule has 20 heavy (non-hydrogen) atoms. The van der Waals surface area contributed by atoms with Crippen LogP contribution in [0.5, 0.6) is 5.75 Å². The number of sulfone groups is 1. The van der Waals surface area contributed by atoms with Gasteiger partial charge in [-0.25, -0.2) is 8.42 Å². The van der Waals surface area contributed by atoms with Crippen LogP contribution in [0.2, 0.25) is 0 Å². The first-order valence-electron chi connectivity index (χ1n) is 7.24. The standard InChI is InChI=1S/C15H23NO3S/c1-2-10-19-13-8-6-12(7-9-13)15(16)14-5-3-4-11-20(14,17)18/h6-9,14-15H,2-5,10-11,16H2,1H3. The zero-order valence-corrected chi connectivity index (χ0v) is 12.7. The monoisotopic (exact) mass is 297 g/mol. The van der Waals surface area contributed by atoms with Crippen LogP contribution in [-0.4, -0.2) is 26.0 Å². The zero-order chi connectivity index (χ0) is 14.6. The Morgan fingerprint density at radius 2 is 2.00 bits per heavy atom. The maximum Gasteiger partial charge on any atom is 0.155 e. The van der Waals surface area contributed by atoms with Crippen LogP contribution in [-0.2, 0) is 9.84 Å². The second kappa shape index (κ2) is 6.59.